The van der Waals surface area contributed by atoms with Crippen LogP contribution in [-0.4, -0.2) is 15.7 Å². The molecule has 0 fully saturated rings. The fourth-order valence-electron chi connectivity index (χ4n) is 2.67. The van der Waals surface area contributed by atoms with E-state index in [0.29, 0.717) is 5.56 Å². The zero-order valence-corrected chi connectivity index (χ0v) is 15.0. The van der Waals surface area contributed by atoms with Crippen molar-refractivity contribution >= 4 is 5.91 Å². The average molecular weight is 310 g/mol. The summed E-state index contributed by atoms with van der Waals surface area (Å²) in [6.45, 7) is 16.3. The number of rotatable bonds is 3. The standard InChI is InChI=1S/C20H26N2O/c1-13(2)12-18-14(3)21-22(15(18)4)19(23)16-8-10-17(11-9-16)20(5,6)7/h8-11H,1,12H2,2-7H3. The van der Waals surface area contributed by atoms with Crippen molar-refractivity contribution < 1.29 is 4.79 Å². The first-order valence-corrected chi connectivity index (χ1v) is 7.96. The van der Waals surface area contributed by atoms with E-state index in [2.05, 4.69) is 32.4 Å². The van der Waals surface area contributed by atoms with Gasteiger partial charge in [-0.2, -0.15) is 5.10 Å². The number of hydrogen-bond acceptors (Lipinski definition) is 2. The fraction of sp³-hybridized carbons (Fsp3) is 0.400. The van der Waals surface area contributed by atoms with Gasteiger partial charge in [0.1, 0.15) is 0 Å². The first-order chi connectivity index (χ1) is 10.6. The maximum absolute atomic E-state index is 12.8. The van der Waals surface area contributed by atoms with Crippen LogP contribution in [0.2, 0.25) is 0 Å². The number of carbonyl (C=O) groups is 1. The SMILES string of the molecule is C=C(C)Cc1c(C)nn(C(=O)c2ccc(C(C)(C)C)cc2)c1C. The zero-order valence-electron chi connectivity index (χ0n) is 15.0. The predicted molar refractivity (Wildman–Crippen MR) is 95.1 cm³/mol. The van der Waals surface area contributed by atoms with Crippen LogP contribution in [0.25, 0.3) is 0 Å². The third-order valence-electron chi connectivity index (χ3n) is 4.11. The minimum Gasteiger partial charge on any atom is -0.267 e. The Morgan fingerprint density at radius 1 is 1.17 bits per heavy atom. The molecular formula is C20H26N2O. The summed E-state index contributed by atoms with van der Waals surface area (Å²) in [7, 11) is 0. The monoisotopic (exact) mass is 310 g/mol. The Hall–Kier alpha value is -2.16. The third-order valence-corrected chi connectivity index (χ3v) is 4.11. The van der Waals surface area contributed by atoms with E-state index in [4.69, 9.17) is 0 Å². The van der Waals surface area contributed by atoms with Crippen molar-refractivity contribution in [2.75, 3.05) is 0 Å². The molecule has 0 unspecified atom stereocenters. The molecule has 23 heavy (non-hydrogen) atoms. The van der Waals surface area contributed by atoms with E-state index in [0.717, 1.165) is 28.9 Å². The first kappa shape index (κ1) is 17.2. The molecule has 0 saturated carbocycles. The van der Waals surface area contributed by atoms with Crippen molar-refractivity contribution in [2.24, 2.45) is 0 Å². The molecule has 3 nitrogen and oxygen atoms in total. The lowest BCUT2D eigenvalue weighted by Gasteiger charge is -2.19. The van der Waals surface area contributed by atoms with Crippen LogP contribution in [0.4, 0.5) is 0 Å². The van der Waals surface area contributed by atoms with Gasteiger partial charge in [-0.1, -0.05) is 45.1 Å². The lowest BCUT2D eigenvalue weighted by Crippen LogP contribution is -2.16. The zero-order chi connectivity index (χ0) is 17.4. The second-order valence-corrected chi connectivity index (χ2v) is 7.33. The summed E-state index contributed by atoms with van der Waals surface area (Å²) in [5.41, 5.74) is 5.90. The van der Waals surface area contributed by atoms with E-state index in [-0.39, 0.29) is 11.3 Å². The van der Waals surface area contributed by atoms with Crippen LogP contribution in [0, 0.1) is 13.8 Å². The predicted octanol–water partition coefficient (Wildman–Crippen LogP) is 4.60. The molecule has 1 aromatic carbocycles. The number of allylic oxidation sites excluding steroid dienone is 1. The molecule has 0 atom stereocenters. The average Bonchev–Trinajstić information content (AvgIpc) is 2.73. The van der Waals surface area contributed by atoms with Gasteiger partial charge in [0.25, 0.3) is 5.91 Å². The summed E-state index contributed by atoms with van der Waals surface area (Å²) in [6.07, 6.45) is 0.758. The largest absolute Gasteiger partial charge is 0.278 e. The minimum absolute atomic E-state index is 0.0778. The Balaban J connectivity index is 2.36. The van der Waals surface area contributed by atoms with Crippen molar-refractivity contribution in [3.8, 4) is 0 Å². The lowest BCUT2D eigenvalue weighted by atomic mass is 9.87. The van der Waals surface area contributed by atoms with Gasteiger partial charge in [-0.15, -0.1) is 0 Å². The van der Waals surface area contributed by atoms with Crippen molar-refractivity contribution in [3.63, 3.8) is 0 Å². The Morgan fingerprint density at radius 3 is 2.22 bits per heavy atom. The van der Waals surface area contributed by atoms with Crippen LogP contribution in [-0.2, 0) is 11.8 Å². The van der Waals surface area contributed by atoms with Crippen LogP contribution in [0.15, 0.2) is 36.4 Å². The van der Waals surface area contributed by atoms with Crippen molar-refractivity contribution in [3.05, 3.63) is 64.5 Å². The highest BCUT2D eigenvalue weighted by Gasteiger charge is 2.19. The molecule has 0 radical (unpaired) electrons. The second kappa shape index (κ2) is 6.15. The second-order valence-electron chi connectivity index (χ2n) is 7.33. The first-order valence-electron chi connectivity index (χ1n) is 7.96. The smallest absolute Gasteiger partial charge is 0.267 e. The molecule has 0 bridgehead atoms. The number of benzene rings is 1. The molecule has 1 aromatic heterocycles. The summed E-state index contributed by atoms with van der Waals surface area (Å²) in [5, 5.41) is 4.44. The molecule has 2 aromatic rings. The summed E-state index contributed by atoms with van der Waals surface area (Å²) in [6, 6.07) is 7.82. The van der Waals surface area contributed by atoms with Crippen molar-refractivity contribution in [1.29, 1.82) is 0 Å². The number of aryl methyl sites for hydroxylation is 1. The highest BCUT2D eigenvalue weighted by atomic mass is 16.2. The van der Waals surface area contributed by atoms with E-state index in [1.807, 2.05) is 45.0 Å². The van der Waals surface area contributed by atoms with Crippen LogP contribution in [0.1, 0.15) is 60.6 Å². The van der Waals surface area contributed by atoms with E-state index in [1.165, 1.54) is 10.2 Å². The summed E-state index contributed by atoms with van der Waals surface area (Å²) in [5.74, 6) is -0.0842. The highest BCUT2D eigenvalue weighted by Crippen LogP contribution is 2.23. The van der Waals surface area contributed by atoms with Gasteiger partial charge in [-0.3, -0.25) is 4.79 Å². The molecular weight excluding hydrogens is 284 g/mol. The highest BCUT2D eigenvalue weighted by molar-refractivity contribution is 5.96. The van der Waals surface area contributed by atoms with Gasteiger partial charge < -0.3 is 0 Å². The van der Waals surface area contributed by atoms with E-state index in [1.54, 1.807) is 0 Å². The molecule has 0 aliphatic rings. The molecule has 0 amide bonds. The number of aromatic nitrogens is 2. The van der Waals surface area contributed by atoms with Crippen molar-refractivity contribution in [2.45, 2.75) is 53.4 Å². The summed E-state index contributed by atoms with van der Waals surface area (Å²) in [4.78, 5) is 12.8. The van der Waals surface area contributed by atoms with E-state index in [9.17, 15) is 4.79 Å². The van der Waals surface area contributed by atoms with Crippen LogP contribution >= 0.6 is 0 Å². The molecule has 122 valence electrons. The molecule has 0 spiro atoms. The van der Waals surface area contributed by atoms with Gasteiger partial charge in [-0.05, 0) is 50.3 Å². The number of nitrogens with zero attached hydrogens (tertiary/aromatic N) is 2. The molecule has 1 heterocycles. The molecule has 3 heteroatoms. The van der Waals surface area contributed by atoms with Crippen LogP contribution in [0.3, 0.4) is 0 Å². The minimum atomic E-state index is -0.0842. The Morgan fingerprint density at radius 2 is 1.74 bits per heavy atom. The fourth-order valence-corrected chi connectivity index (χ4v) is 2.67. The van der Waals surface area contributed by atoms with Gasteiger partial charge in [-0.25, -0.2) is 4.68 Å². The number of hydrogen-bond donors (Lipinski definition) is 0. The molecule has 0 N–H and O–H groups in total. The topological polar surface area (TPSA) is 34.9 Å². The maximum atomic E-state index is 12.8. The van der Waals surface area contributed by atoms with E-state index >= 15 is 0 Å². The molecule has 2 rings (SSSR count). The number of carbonyl (C=O) groups excluding carboxylic acids is 1. The maximum Gasteiger partial charge on any atom is 0.278 e. The van der Waals surface area contributed by atoms with Gasteiger partial charge in [0.05, 0.1) is 5.69 Å². The molecule has 0 saturated heterocycles. The lowest BCUT2D eigenvalue weighted by molar-refractivity contribution is 0.0942. The van der Waals surface area contributed by atoms with Crippen LogP contribution < -0.4 is 0 Å². The Bertz CT molecular complexity index is 743. The quantitative estimate of drug-likeness (QED) is 0.776. The molecule has 0 aliphatic carbocycles. The van der Waals surface area contributed by atoms with Crippen LogP contribution in [0.5, 0.6) is 0 Å². The van der Waals surface area contributed by atoms with Gasteiger partial charge in [0.2, 0.25) is 0 Å². The normalized spacial score (nSPS) is 11.6. The molecule has 0 aliphatic heterocycles. The Labute approximate surface area is 139 Å². The van der Waals surface area contributed by atoms with Crippen molar-refractivity contribution in [1.82, 2.24) is 9.78 Å². The van der Waals surface area contributed by atoms with Gasteiger partial charge >= 0.3 is 0 Å². The summed E-state index contributed by atoms with van der Waals surface area (Å²) >= 11 is 0. The Kier molecular flexibility index (Phi) is 4.60. The van der Waals surface area contributed by atoms with Gasteiger partial charge in [0.15, 0.2) is 0 Å². The third kappa shape index (κ3) is 3.61. The van der Waals surface area contributed by atoms with Gasteiger partial charge in [0, 0.05) is 16.8 Å². The summed E-state index contributed by atoms with van der Waals surface area (Å²) < 4.78 is 1.51. The van der Waals surface area contributed by atoms with E-state index < -0.39 is 0 Å².